The Balaban J connectivity index is 4.20. The number of carbonyl (C=O) groups excluding carboxylic acids is 1. The number of methoxy groups -OCH3 is 1. The molecule has 0 aromatic carbocycles. The predicted molar refractivity (Wildman–Crippen MR) is 58.8 cm³/mol. The SMILES string of the molecule is COCOCC(C)C(OC(C)=O)C(C)CO. The largest absolute Gasteiger partial charge is 0.462 e. The highest BCUT2D eigenvalue weighted by molar-refractivity contribution is 5.66. The first kappa shape index (κ1) is 15.3. The molecule has 96 valence electrons. The van der Waals surface area contributed by atoms with Gasteiger partial charge in [-0.05, 0) is 0 Å². The van der Waals surface area contributed by atoms with E-state index >= 15 is 0 Å². The Morgan fingerprint density at radius 2 is 1.94 bits per heavy atom. The van der Waals surface area contributed by atoms with Crippen LogP contribution >= 0.6 is 0 Å². The second-order valence-electron chi connectivity index (χ2n) is 3.99. The summed E-state index contributed by atoms with van der Waals surface area (Å²) in [6.07, 6.45) is -0.334. The van der Waals surface area contributed by atoms with Crippen molar-refractivity contribution in [1.29, 1.82) is 0 Å². The fourth-order valence-corrected chi connectivity index (χ4v) is 1.50. The first-order valence-corrected chi connectivity index (χ1v) is 5.37. The summed E-state index contributed by atoms with van der Waals surface area (Å²) in [6.45, 7) is 5.73. The molecule has 5 nitrogen and oxygen atoms in total. The lowest BCUT2D eigenvalue weighted by Gasteiger charge is -2.27. The molecule has 3 atom stereocenters. The topological polar surface area (TPSA) is 65.0 Å². The molecule has 0 radical (unpaired) electrons. The van der Waals surface area contributed by atoms with E-state index in [4.69, 9.17) is 19.3 Å². The first-order valence-electron chi connectivity index (χ1n) is 5.37. The van der Waals surface area contributed by atoms with Crippen LogP contribution in [0.15, 0.2) is 0 Å². The summed E-state index contributed by atoms with van der Waals surface area (Å²) >= 11 is 0. The van der Waals surface area contributed by atoms with E-state index in [1.165, 1.54) is 6.92 Å². The zero-order valence-electron chi connectivity index (χ0n) is 10.4. The lowest BCUT2D eigenvalue weighted by atomic mass is 9.94. The van der Waals surface area contributed by atoms with Gasteiger partial charge in [0.2, 0.25) is 0 Å². The summed E-state index contributed by atoms with van der Waals surface area (Å²) in [7, 11) is 1.55. The molecule has 0 aromatic heterocycles. The van der Waals surface area contributed by atoms with Gasteiger partial charge in [-0.15, -0.1) is 0 Å². The minimum Gasteiger partial charge on any atom is -0.462 e. The van der Waals surface area contributed by atoms with E-state index < -0.39 is 0 Å². The van der Waals surface area contributed by atoms with E-state index in [0.717, 1.165) is 0 Å². The van der Waals surface area contributed by atoms with Crippen molar-refractivity contribution in [1.82, 2.24) is 0 Å². The molecule has 0 aliphatic rings. The molecule has 0 saturated carbocycles. The third-order valence-corrected chi connectivity index (χ3v) is 2.29. The van der Waals surface area contributed by atoms with Gasteiger partial charge in [0.05, 0.1) is 6.61 Å². The van der Waals surface area contributed by atoms with Gasteiger partial charge in [-0.3, -0.25) is 4.79 Å². The van der Waals surface area contributed by atoms with Gasteiger partial charge in [0, 0.05) is 32.5 Å². The maximum absolute atomic E-state index is 10.9. The smallest absolute Gasteiger partial charge is 0.302 e. The molecule has 0 rings (SSSR count). The van der Waals surface area contributed by atoms with Crippen LogP contribution in [0.25, 0.3) is 0 Å². The van der Waals surface area contributed by atoms with Gasteiger partial charge in [-0.25, -0.2) is 0 Å². The van der Waals surface area contributed by atoms with Crippen LogP contribution in [0.2, 0.25) is 0 Å². The highest BCUT2D eigenvalue weighted by Gasteiger charge is 2.26. The van der Waals surface area contributed by atoms with Gasteiger partial charge in [0.1, 0.15) is 12.9 Å². The van der Waals surface area contributed by atoms with Crippen molar-refractivity contribution in [2.75, 3.05) is 27.1 Å². The summed E-state index contributed by atoms with van der Waals surface area (Å²) in [5.41, 5.74) is 0. The molecular weight excluding hydrogens is 212 g/mol. The highest BCUT2D eigenvalue weighted by Crippen LogP contribution is 2.17. The van der Waals surface area contributed by atoms with E-state index in [2.05, 4.69) is 0 Å². The molecule has 0 amide bonds. The molecular formula is C11H22O5. The Morgan fingerprint density at radius 1 is 1.31 bits per heavy atom. The molecule has 1 N–H and O–H groups in total. The van der Waals surface area contributed by atoms with Gasteiger partial charge >= 0.3 is 5.97 Å². The Morgan fingerprint density at radius 3 is 2.38 bits per heavy atom. The summed E-state index contributed by atoms with van der Waals surface area (Å²) < 4.78 is 15.1. The molecule has 0 spiro atoms. The molecule has 0 aliphatic heterocycles. The third-order valence-electron chi connectivity index (χ3n) is 2.29. The van der Waals surface area contributed by atoms with Gasteiger partial charge in [0.25, 0.3) is 0 Å². The fourth-order valence-electron chi connectivity index (χ4n) is 1.50. The summed E-state index contributed by atoms with van der Waals surface area (Å²) in [4.78, 5) is 10.9. The monoisotopic (exact) mass is 234 g/mol. The Bertz CT molecular complexity index is 195. The van der Waals surface area contributed by atoms with Crippen molar-refractivity contribution < 1.29 is 24.1 Å². The van der Waals surface area contributed by atoms with Crippen molar-refractivity contribution in [3.8, 4) is 0 Å². The quantitative estimate of drug-likeness (QED) is 0.382. The van der Waals surface area contributed by atoms with Crippen LogP contribution in [-0.2, 0) is 19.0 Å². The number of hydrogen-bond acceptors (Lipinski definition) is 5. The molecule has 0 saturated heterocycles. The van der Waals surface area contributed by atoms with Crippen molar-refractivity contribution in [3.63, 3.8) is 0 Å². The zero-order chi connectivity index (χ0) is 12.6. The van der Waals surface area contributed by atoms with Gasteiger partial charge in [-0.1, -0.05) is 13.8 Å². The van der Waals surface area contributed by atoms with Crippen LogP contribution < -0.4 is 0 Å². The molecule has 16 heavy (non-hydrogen) atoms. The number of esters is 1. The van der Waals surface area contributed by atoms with Gasteiger partial charge in [0.15, 0.2) is 0 Å². The Kier molecular flexibility index (Phi) is 8.15. The summed E-state index contributed by atoms with van der Waals surface area (Å²) in [6, 6.07) is 0. The van der Waals surface area contributed by atoms with Crippen LogP contribution in [0.1, 0.15) is 20.8 Å². The van der Waals surface area contributed by atoms with Crippen LogP contribution in [0.3, 0.4) is 0 Å². The second kappa shape index (κ2) is 8.50. The average molecular weight is 234 g/mol. The van der Waals surface area contributed by atoms with Gasteiger partial charge in [-0.2, -0.15) is 0 Å². The average Bonchev–Trinajstić information content (AvgIpc) is 2.24. The molecule has 0 aromatic rings. The van der Waals surface area contributed by atoms with E-state index in [-0.39, 0.29) is 37.3 Å². The highest BCUT2D eigenvalue weighted by atomic mass is 16.7. The van der Waals surface area contributed by atoms with Crippen molar-refractivity contribution >= 4 is 5.97 Å². The lowest BCUT2D eigenvalue weighted by Crippen LogP contribution is -2.35. The third kappa shape index (κ3) is 6.05. The number of aliphatic hydroxyl groups is 1. The molecule has 0 fully saturated rings. The van der Waals surface area contributed by atoms with Crippen LogP contribution in [-0.4, -0.2) is 44.3 Å². The van der Waals surface area contributed by atoms with Crippen molar-refractivity contribution in [3.05, 3.63) is 0 Å². The minimum atomic E-state index is -0.344. The predicted octanol–water partition coefficient (Wildman–Crippen LogP) is 0.803. The Labute approximate surface area is 96.7 Å². The van der Waals surface area contributed by atoms with Crippen molar-refractivity contribution in [2.45, 2.75) is 26.9 Å². The maximum Gasteiger partial charge on any atom is 0.302 e. The molecule has 3 unspecified atom stereocenters. The maximum atomic E-state index is 10.9. The second-order valence-corrected chi connectivity index (χ2v) is 3.99. The standard InChI is InChI=1S/C11H22O5/c1-8(5-12)11(16-10(3)13)9(2)6-15-7-14-4/h8-9,11-12H,5-7H2,1-4H3. The normalized spacial score (nSPS) is 16.6. The van der Waals surface area contributed by atoms with Crippen molar-refractivity contribution in [2.24, 2.45) is 11.8 Å². The Hall–Kier alpha value is -0.650. The van der Waals surface area contributed by atoms with E-state index in [1.54, 1.807) is 7.11 Å². The molecule has 5 heteroatoms. The first-order chi connectivity index (χ1) is 7.52. The molecule has 0 aliphatic carbocycles. The van der Waals surface area contributed by atoms with Gasteiger partial charge < -0.3 is 19.3 Å². The number of ether oxygens (including phenoxy) is 3. The molecule has 0 bridgehead atoms. The minimum absolute atomic E-state index is 0.0150. The summed E-state index contributed by atoms with van der Waals surface area (Å²) in [5.74, 6) is -0.435. The number of hydrogen-bond donors (Lipinski definition) is 1. The van der Waals surface area contributed by atoms with E-state index in [1.807, 2.05) is 13.8 Å². The number of carbonyl (C=O) groups is 1. The van der Waals surface area contributed by atoms with E-state index in [9.17, 15) is 4.79 Å². The van der Waals surface area contributed by atoms with Crippen LogP contribution in [0.4, 0.5) is 0 Å². The zero-order valence-corrected chi connectivity index (χ0v) is 10.4. The number of rotatable bonds is 8. The summed E-state index contributed by atoms with van der Waals surface area (Å²) in [5, 5.41) is 9.08. The van der Waals surface area contributed by atoms with E-state index in [0.29, 0.717) is 6.61 Å². The lowest BCUT2D eigenvalue weighted by molar-refractivity contribution is -0.155. The van der Waals surface area contributed by atoms with Crippen LogP contribution in [0, 0.1) is 11.8 Å². The molecule has 0 heterocycles. The number of aliphatic hydroxyl groups excluding tert-OH is 1. The fraction of sp³-hybridized carbons (Fsp3) is 0.909. The van der Waals surface area contributed by atoms with Crippen LogP contribution in [0.5, 0.6) is 0 Å².